The first kappa shape index (κ1) is 18.7. The van der Waals surface area contributed by atoms with Crippen molar-refractivity contribution in [3.8, 4) is 11.5 Å². The second-order valence-electron chi connectivity index (χ2n) is 4.67. The third-order valence-corrected chi connectivity index (χ3v) is 3.87. The molecule has 25 heavy (non-hydrogen) atoms. The minimum absolute atomic E-state index is 0.0861. The molecule has 0 radical (unpaired) electrons. The minimum atomic E-state index is -0.755. The van der Waals surface area contributed by atoms with Crippen LogP contribution in [0, 0.1) is 10.1 Å². The van der Waals surface area contributed by atoms with E-state index in [9.17, 15) is 20.0 Å². The van der Waals surface area contributed by atoms with Gasteiger partial charge in [-0.15, -0.1) is 0 Å². The fourth-order valence-electron chi connectivity index (χ4n) is 1.88. The molecule has 0 aliphatic heterocycles. The lowest BCUT2D eigenvalue weighted by atomic mass is 10.2. The Labute approximate surface area is 155 Å². The Morgan fingerprint density at radius 1 is 1.44 bits per heavy atom. The van der Waals surface area contributed by atoms with Gasteiger partial charge in [-0.25, -0.2) is 5.43 Å². The van der Waals surface area contributed by atoms with Crippen LogP contribution in [0.5, 0.6) is 11.5 Å². The van der Waals surface area contributed by atoms with Crippen molar-refractivity contribution in [3.63, 3.8) is 0 Å². The van der Waals surface area contributed by atoms with Gasteiger partial charge in [-0.2, -0.15) is 5.10 Å². The number of nitro benzene ring substituents is 1. The van der Waals surface area contributed by atoms with Gasteiger partial charge in [-0.05, 0) is 24.3 Å². The Hall–Kier alpha value is -2.65. The molecule has 8 nitrogen and oxygen atoms in total. The zero-order valence-electron chi connectivity index (χ0n) is 12.7. The number of halogens is 2. The number of nitrogens with zero attached hydrogens (tertiary/aromatic N) is 2. The highest BCUT2D eigenvalue weighted by Crippen LogP contribution is 2.36. The summed E-state index contributed by atoms with van der Waals surface area (Å²) in [6.45, 7) is 0. The number of amides is 1. The fraction of sp³-hybridized carbons (Fsp3) is 0.0667. The molecule has 2 aromatic carbocycles. The number of aromatic hydroxyl groups is 1. The third kappa shape index (κ3) is 4.46. The summed E-state index contributed by atoms with van der Waals surface area (Å²) in [5.74, 6) is -1.23. The first-order valence-corrected chi connectivity index (χ1v) is 7.84. The molecule has 1 amide bonds. The van der Waals surface area contributed by atoms with Crippen LogP contribution < -0.4 is 10.2 Å². The molecule has 2 N–H and O–H groups in total. The molecular formula is C15H11BrClN3O5. The average Bonchev–Trinajstić information content (AvgIpc) is 2.57. The van der Waals surface area contributed by atoms with Gasteiger partial charge >= 0.3 is 5.69 Å². The number of hydrogen-bond acceptors (Lipinski definition) is 6. The zero-order chi connectivity index (χ0) is 18.6. The summed E-state index contributed by atoms with van der Waals surface area (Å²) in [6.07, 6.45) is 1.18. The standard InChI is InChI=1S/C15H11BrClN3O5/c1-25-13-5-8(4-12(14(13)21)20(23)24)7-18-19-15(22)10-6-9(16)2-3-11(10)17/h2-7,21H,1H3,(H,19,22). The largest absolute Gasteiger partial charge is 0.500 e. The number of carbonyl (C=O) groups excluding carboxylic acids is 1. The molecule has 0 atom stereocenters. The molecule has 0 aromatic heterocycles. The number of hydrazone groups is 1. The van der Waals surface area contributed by atoms with Crippen LogP contribution in [0.15, 0.2) is 39.9 Å². The van der Waals surface area contributed by atoms with Gasteiger partial charge in [-0.3, -0.25) is 14.9 Å². The molecule has 2 rings (SSSR count). The summed E-state index contributed by atoms with van der Waals surface area (Å²) in [7, 11) is 1.26. The van der Waals surface area contributed by atoms with Gasteiger partial charge in [0.2, 0.25) is 5.75 Å². The van der Waals surface area contributed by atoms with Crippen molar-refractivity contribution in [2.75, 3.05) is 7.11 Å². The van der Waals surface area contributed by atoms with E-state index in [-0.39, 0.29) is 21.9 Å². The van der Waals surface area contributed by atoms with E-state index < -0.39 is 22.3 Å². The Morgan fingerprint density at radius 2 is 2.16 bits per heavy atom. The van der Waals surface area contributed by atoms with Crippen LogP contribution in [0.25, 0.3) is 0 Å². The van der Waals surface area contributed by atoms with E-state index >= 15 is 0 Å². The van der Waals surface area contributed by atoms with E-state index in [0.717, 1.165) is 6.07 Å². The summed E-state index contributed by atoms with van der Waals surface area (Å²) >= 11 is 9.18. The molecule has 2 aromatic rings. The van der Waals surface area contributed by atoms with E-state index in [2.05, 4.69) is 26.5 Å². The highest BCUT2D eigenvalue weighted by Gasteiger charge is 2.19. The van der Waals surface area contributed by atoms with Gasteiger partial charge in [0.05, 0.1) is 28.8 Å². The van der Waals surface area contributed by atoms with Crippen molar-refractivity contribution in [2.24, 2.45) is 5.10 Å². The third-order valence-electron chi connectivity index (χ3n) is 3.05. The molecule has 0 bridgehead atoms. The number of methoxy groups -OCH3 is 1. The number of phenols is 1. The lowest BCUT2D eigenvalue weighted by Gasteiger charge is -2.05. The molecule has 0 saturated heterocycles. The van der Waals surface area contributed by atoms with E-state index in [0.29, 0.717) is 4.47 Å². The van der Waals surface area contributed by atoms with E-state index in [4.69, 9.17) is 16.3 Å². The highest BCUT2D eigenvalue weighted by molar-refractivity contribution is 9.10. The lowest BCUT2D eigenvalue weighted by Crippen LogP contribution is -2.18. The summed E-state index contributed by atoms with van der Waals surface area (Å²) < 4.78 is 5.55. The van der Waals surface area contributed by atoms with Crippen molar-refractivity contribution in [1.29, 1.82) is 0 Å². The molecule has 0 heterocycles. The zero-order valence-corrected chi connectivity index (χ0v) is 15.0. The van der Waals surface area contributed by atoms with Gasteiger partial charge in [0, 0.05) is 16.1 Å². The van der Waals surface area contributed by atoms with Crippen molar-refractivity contribution < 1.29 is 19.6 Å². The van der Waals surface area contributed by atoms with Crippen LogP contribution in [0.1, 0.15) is 15.9 Å². The maximum Gasteiger partial charge on any atom is 0.315 e. The average molecular weight is 429 g/mol. The van der Waals surface area contributed by atoms with E-state index in [1.807, 2.05) is 0 Å². The summed E-state index contributed by atoms with van der Waals surface area (Å²) in [6, 6.07) is 7.20. The fourth-order valence-corrected chi connectivity index (χ4v) is 2.44. The van der Waals surface area contributed by atoms with Gasteiger partial charge < -0.3 is 9.84 Å². The monoisotopic (exact) mass is 427 g/mol. The maximum absolute atomic E-state index is 12.1. The number of rotatable bonds is 5. The van der Waals surface area contributed by atoms with Gasteiger partial charge in [0.15, 0.2) is 5.75 Å². The molecule has 0 saturated carbocycles. The number of ether oxygens (including phenoxy) is 1. The van der Waals surface area contributed by atoms with Gasteiger partial charge in [-0.1, -0.05) is 27.5 Å². The Balaban J connectivity index is 2.22. The first-order chi connectivity index (χ1) is 11.8. The van der Waals surface area contributed by atoms with Crippen molar-refractivity contribution in [3.05, 3.63) is 61.1 Å². The van der Waals surface area contributed by atoms with Crippen LogP contribution in [0.2, 0.25) is 5.02 Å². The quantitative estimate of drug-likeness (QED) is 0.430. The summed E-state index contributed by atoms with van der Waals surface area (Å²) in [4.78, 5) is 22.2. The number of benzene rings is 2. The molecule has 0 fully saturated rings. The van der Waals surface area contributed by atoms with Crippen LogP contribution >= 0.6 is 27.5 Å². The summed E-state index contributed by atoms with van der Waals surface area (Å²) in [5, 5.41) is 24.6. The topological polar surface area (TPSA) is 114 Å². The maximum atomic E-state index is 12.1. The molecule has 130 valence electrons. The Kier molecular flexibility index (Phi) is 5.94. The van der Waals surface area contributed by atoms with Crippen molar-refractivity contribution >= 4 is 45.3 Å². The van der Waals surface area contributed by atoms with E-state index in [1.54, 1.807) is 12.1 Å². The Bertz CT molecular complexity index is 872. The number of nitro groups is 1. The number of nitrogens with one attached hydrogen (secondary N) is 1. The minimum Gasteiger partial charge on any atom is -0.500 e. The predicted octanol–water partition coefficient (Wildman–Crippen LogP) is 3.49. The predicted molar refractivity (Wildman–Crippen MR) is 95.5 cm³/mol. The molecule has 10 heteroatoms. The second kappa shape index (κ2) is 7.95. The van der Waals surface area contributed by atoms with Gasteiger partial charge in [0.25, 0.3) is 5.91 Å². The molecule has 0 aliphatic rings. The first-order valence-electron chi connectivity index (χ1n) is 6.67. The normalized spacial score (nSPS) is 10.7. The Morgan fingerprint density at radius 3 is 2.80 bits per heavy atom. The number of carbonyl (C=O) groups is 1. The number of hydrogen-bond donors (Lipinski definition) is 2. The van der Waals surface area contributed by atoms with Crippen LogP contribution in [0.3, 0.4) is 0 Å². The van der Waals surface area contributed by atoms with Crippen molar-refractivity contribution in [1.82, 2.24) is 5.43 Å². The molecule has 0 unspecified atom stereocenters. The molecular weight excluding hydrogens is 418 g/mol. The van der Waals surface area contributed by atoms with Crippen LogP contribution in [0.4, 0.5) is 5.69 Å². The van der Waals surface area contributed by atoms with E-state index in [1.165, 1.54) is 25.5 Å². The lowest BCUT2D eigenvalue weighted by molar-refractivity contribution is -0.386. The number of phenolic OH excluding ortho intramolecular Hbond substituents is 1. The SMILES string of the molecule is COc1cc(C=NNC(=O)c2cc(Br)ccc2Cl)cc([N+](=O)[O-])c1O. The second-order valence-corrected chi connectivity index (χ2v) is 5.99. The van der Waals surface area contributed by atoms with Crippen molar-refractivity contribution in [2.45, 2.75) is 0 Å². The smallest absolute Gasteiger partial charge is 0.315 e. The van der Waals surface area contributed by atoms with Crippen LogP contribution in [-0.2, 0) is 0 Å². The summed E-state index contributed by atoms with van der Waals surface area (Å²) in [5.41, 5.74) is 2.19. The van der Waals surface area contributed by atoms with Gasteiger partial charge in [0.1, 0.15) is 0 Å². The molecule has 0 spiro atoms. The molecule has 0 aliphatic carbocycles. The highest BCUT2D eigenvalue weighted by atomic mass is 79.9. The van der Waals surface area contributed by atoms with Crippen LogP contribution in [-0.4, -0.2) is 29.3 Å².